The van der Waals surface area contributed by atoms with E-state index in [1.165, 1.54) is 6.07 Å². The minimum absolute atomic E-state index is 0.0334. The summed E-state index contributed by atoms with van der Waals surface area (Å²) in [6.07, 6.45) is 3.16. The molecule has 1 aliphatic carbocycles. The summed E-state index contributed by atoms with van der Waals surface area (Å²) in [6, 6.07) is 6.50. The van der Waals surface area contributed by atoms with Gasteiger partial charge in [0.1, 0.15) is 6.61 Å². The molecule has 0 saturated heterocycles. The smallest absolute Gasteiger partial charge is 0.338 e. The number of imidazole rings is 1. The Labute approximate surface area is 131 Å². The zero-order valence-electron chi connectivity index (χ0n) is 12.5. The minimum Gasteiger partial charge on any atom is -0.455 e. The fourth-order valence-corrected chi connectivity index (χ4v) is 3.02. The van der Waals surface area contributed by atoms with Crippen LogP contribution in [0.4, 0.5) is 8.78 Å². The van der Waals surface area contributed by atoms with Crippen molar-refractivity contribution >= 4 is 17.0 Å². The number of hydrogen-bond acceptors (Lipinski definition) is 4. The van der Waals surface area contributed by atoms with Gasteiger partial charge in [-0.25, -0.2) is 9.78 Å². The molecule has 124 valence electrons. The molecule has 0 spiro atoms. The summed E-state index contributed by atoms with van der Waals surface area (Å²) in [7, 11) is 0. The molecule has 1 aliphatic rings. The molecule has 5 nitrogen and oxygen atoms in total. The van der Waals surface area contributed by atoms with E-state index in [0.717, 1.165) is 23.8 Å². The van der Waals surface area contributed by atoms with E-state index >= 15 is 0 Å². The average molecular weight is 324 g/mol. The predicted molar refractivity (Wildman–Crippen MR) is 78.8 cm³/mol. The van der Waals surface area contributed by atoms with Gasteiger partial charge in [-0.15, -0.1) is 0 Å². The van der Waals surface area contributed by atoms with E-state index in [1.54, 1.807) is 18.2 Å². The van der Waals surface area contributed by atoms with Crippen molar-refractivity contribution in [2.24, 2.45) is 0 Å². The molecule has 1 heterocycles. The standard InChI is InChI=1S/C16H18F2N2O3/c17-15(18)20-12-7-3-2-6-11(12)19-13(20)10-23-14(21)16(22)8-4-1-5-9-16/h2-3,6-7,15,22H,1,4-5,8-10H2. The Bertz CT molecular complexity index is 708. The van der Waals surface area contributed by atoms with Crippen molar-refractivity contribution in [2.75, 3.05) is 0 Å². The second-order valence-corrected chi connectivity index (χ2v) is 5.83. The molecule has 1 N–H and O–H groups in total. The van der Waals surface area contributed by atoms with Gasteiger partial charge in [0, 0.05) is 0 Å². The van der Waals surface area contributed by atoms with Crippen LogP contribution in [0.15, 0.2) is 24.3 Å². The summed E-state index contributed by atoms with van der Waals surface area (Å²) in [5, 5.41) is 10.3. The Morgan fingerprint density at radius 2 is 2.00 bits per heavy atom. The fraction of sp³-hybridized carbons (Fsp3) is 0.500. The number of aliphatic hydroxyl groups is 1. The third-order valence-electron chi connectivity index (χ3n) is 4.26. The Morgan fingerprint density at radius 1 is 1.30 bits per heavy atom. The van der Waals surface area contributed by atoms with Crippen molar-refractivity contribution in [3.63, 3.8) is 0 Å². The van der Waals surface area contributed by atoms with Gasteiger partial charge < -0.3 is 9.84 Å². The lowest BCUT2D eigenvalue weighted by Gasteiger charge is -2.29. The van der Waals surface area contributed by atoms with Gasteiger partial charge in [0.05, 0.1) is 11.0 Å². The summed E-state index contributed by atoms with van der Waals surface area (Å²) in [5.41, 5.74) is -0.805. The van der Waals surface area contributed by atoms with E-state index in [1.807, 2.05) is 0 Å². The molecule has 0 bridgehead atoms. The molecule has 0 radical (unpaired) electrons. The number of carbonyl (C=O) groups excluding carboxylic acids is 1. The molecule has 2 aromatic rings. The molecule has 0 aliphatic heterocycles. The van der Waals surface area contributed by atoms with Crippen LogP contribution in [0, 0.1) is 0 Å². The molecule has 7 heteroatoms. The van der Waals surface area contributed by atoms with Crippen molar-refractivity contribution in [1.82, 2.24) is 9.55 Å². The van der Waals surface area contributed by atoms with Crippen molar-refractivity contribution in [3.05, 3.63) is 30.1 Å². The number of alkyl halides is 2. The molecule has 1 aromatic carbocycles. The third-order valence-corrected chi connectivity index (χ3v) is 4.26. The Kier molecular flexibility index (Phi) is 4.30. The van der Waals surface area contributed by atoms with Gasteiger partial charge in [-0.3, -0.25) is 4.57 Å². The van der Waals surface area contributed by atoms with E-state index in [0.29, 0.717) is 18.4 Å². The normalized spacial score (nSPS) is 17.6. The number of fused-ring (bicyclic) bond motifs is 1. The highest BCUT2D eigenvalue weighted by Crippen LogP contribution is 2.30. The number of esters is 1. The van der Waals surface area contributed by atoms with Crippen LogP contribution in [0.2, 0.25) is 0 Å². The van der Waals surface area contributed by atoms with Crippen molar-refractivity contribution in [2.45, 2.75) is 50.9 Å². The number of hydrogen-bond donors (Lipinski definition) is 1. The van der Waals surface area contributed by atoms with Gasteiger partial charge in [0.2, 0.25) is 0 Å². The molecule has 0 atom stereocenters. The Morgan fingerprint density at radius 3 is 2.70 bits per heavy atom. The number of nitrogens with zero attached hydrogens (tertiary/aromatic N) is 2. The first-order valence-corrected chi connectivity index (χ1v) is 7.65. The number of benzene rings is 1. The topological polar surface area (TPSA) is 64.3 Å². The summed E-state index contributed by atoms with van der Waals surface area (Å²) in [6.45, 7) is -3.17. The highest BCUT2D eigenvalue weighted by atomic mass is 19.3. The number of para-hydroxylation sites is 2. The molecule has 23 heavy (non-hydrogen) atoms. The van der Waals surface area contributed by atoms with Crippen LogP contribution in [0.3, 0.4) is 0 Å². The number of carbonyl (C=O) groups is 1. The molecule has 1 aromatic heterocycles. The van der Waals surface area contributed by atoms with Gasteiger partial charge in [-0.1, -0.05) is 18.6 Å². The van der Waals surface area contributed by atoms with E-state index in [9.17, 15) is 18.7 Å². The maximum absolute atomic E-state index is 13.3. The summed E-state index contributed by atoms with van der Waals surface area (Å²) in [4.78, 5) is 16.2. The fourth-order valence-electron chi connectivity index (χ4n) is 3.02. The molecule has 3 rings (SSSR count). The van der Waals surface area contributed by atoms with Gasteiger partial charge in [-0.2, -0.15) is 8.78 Å². The lowest BCUT2D eigenvalue weighted by molar-refractivity contribution is -0.170. The van der Waals surface area contributed by atoms with Gasteiger partial charge in [0.25, 0.3) is 0 Å². The van der Waals surface area contributed by atoms with Crippen LogP contribution < -0.4 is 0 Å². The van der Waals surface area contributed by atoms with E-state index in [2.05, 4.69) is 4.98 Å². The second-order valence-electron chi connectivity index (χ2n) is 5.83. The first-order chi connectivity index (χ1) is 11.0. The Hall–Kier alpha value is -2.02. The lowest BCUT2D eigenvalue weighted by atomic mass is 9.85. The van der Waals surface area contributed by atoms with Crippen LogP contribution in [-0.4, -0.2) is 26.2 Å². The average Bonchev–Trinajstić information content (AvgIpc) is 2.91. The zero-order chi connectivity index (χ0) is 16.4. The first-order valence-electron chi connectivity index (χ1n) is 7.65. The molecule has 1 saturated carbocycles. The molecular formula is C16H18F2N2O3. The number of aromatic nitrogens is 2. The van der Waals surface area contributed by atoms with Crippen LogP contribution >= 0.6 is 0 Å². The number of rotatable bonds is 4. The molecule has 0 unspecified atom stereocenters. The summed E-state index contributed by atoms with van der Waals surface area (Å²) >= 11 is 0. The van der Waals surface area contributed by atoms with Gasteiger partial charge >= 0.3 is 12.5 Å². The van der Waals surface area contributed by atoms with Crippen molar-refractivity contribution in [3.8, 4) is 0 Å². The molecule has 0 amide bonds. The van der Waals surface area contributed by atoms with Gasteiger partial charge in [-0.05, 0) is 37.8 Å². The first kappa shape index (κ1) is 15.9. The van der Waals surface area contributed by atoms with Crippen molar-refractivity contribution < 1.29 is 23.4 Å². The minimum atomic E-state index is -2.78. The SMILES string of the molecule is O=C(OCc1nc2ccccc2n1C(F)F)C1(O)CCCCC1. The van der Waals surface area contributed by atoms with E-state index in [-0.39, 0.29) is 17.9 Å². The third kappa shape index (κ3) is 3.06. The van der Waals surface area contributed by atoms with E-state index < -0.39 is 18.1 Å². The summed E-state index contributed by atoms with van der Waals surface area (Å²) < 4.78 is 32.4. The lowest BCUT2D eigenvalue weighted by Crippen LogP contribution is -2.41. The quantitative estimate of drug-likeness (QED) is 0.878. The van der Waals surface area contributed by atoms with Crippen molar-refractivity contribution in [1.29, 1.82) is 0 Å². The zero-order valence-corrected chi connectivity index (χ0v) is 12.5. The van der Waals surface area contributed by atoms with Gasteiger partial charge in [0.15, 0.2) is 11.4 Å². The van der Waals surface area contributed by atoms with Crippen LogP contribution in [-0.2, 0) is 16.1 Å². The molecule has 1 fully saturated rings. The predicted octanol–water partition coefficient (Wildman–Crippen LogP) is 3.17. The highest BCUT2D eigenvalue weighted by Gasteiger charge is 2.39. The largest absolute Gasteiger partial charge is 0.455 e. The second kappa shape index (κ2) is 6.23. The highest BCUT2D eigenvalue weighted by molar-refractivity contribution is 5.79. The monoisotopic (exact) mass is 324 g/mol. The van der Waals surface area contributed by atoms with E-state index in [4.69, 9.17) is 4.74 Å². The Balaban J connectivity index is 1.79. The number of halogens is 2. The maximum Gasteiger partial charge on any atom is 0.338 e. The maximum atomic E-state index is 13.3. The summed E-state index contributed by atoms with van der Waals surface area (Å²) in [5.74, 6) is -0.793. The van der Waals surface area contributed by atoms with Crippen LogP contribution in [0.5, 0.6) is 0 Å². The molecular weight excluding hydrogens is 306 g/mol. The number of ether oxygens (including phenoxy) is 1. The van der Waals surface area contributed by atoms with Crippen LogP contribution in [0.25, 0.3) is 11.0 Å². The van der Waals surface area contributed by atoms with Crippen LogP contribution in [0.1, 0.15) is 44.5 Å².